The van der Waals surface area contributed by atoms with Crippen LogP contribution in [-0.2, 0) is 9.47 Å². The fourth-order valence-electron chi connectivity index (χ4n) is 2.44. The molecule has 1 aromatic rings. The third-order valence-electron chi connectivity index (χ3n) is 3.51. The SMILES string of the molecule is CCNc1cc(C(=O)N2CC(OC)C(OC)C2)cc(Cl)n1. The maximum atomic E-state index is 12.6. The predicted octanol–water partition coefficient (Wildman–Crippen LogP) is 1.65. The predicted molar refractivity (Wildman–Crippen MR) is 80.9 cm³/mol. The molecule has 0 saturated carbocycles. The molecule has 1 fully saturated rings. The first kappa shape index (κ1) is 16.0. The molecule has 1 amide bonds. The summed E-state index contributed by atoms with van der Waals surface area (Å²) in [5, 5.41) is 3.35. The number of hydrogen-bond donors (Lipinski definition) is 1. The summed E-state index contributed by atoms with van der Waals surface area (Å²) in [6.45, 7) is 3.67. The zero-order chi connectivity index (χ0) is 15.4. The largest absolute Gasteiger partial charge is 0.377 e. The number of hydrogen-bond acceptors (Lipinski definition) is 5. The molecule has 1 aliphatic rings. The number of nitrogens with one attached hydrogen (secondary N) is 1. The van der Waals surface area contributed by atoms with Gasteiger partial charge in [-0.25, -0.2) is 4.98 Å². The summed E-state index contributed by atoms with van der Waals surface area (Å²) in [7, 11) is 3.24. The molecule has 6 nitrogen and oxygen atoms in total. The van der Waals surface area contributed by atoms with Crippen molar-refractivity contribution in [3.8, 4) is 0 Å². The fourth-order valence-corrected chi connectivity index (χ4v) is 2.65. The Bertz CT molecular complexity index is 500. The molecule has 2 unspecified atom stereocenters. The molecule has 116 valence electrons. The van der Waals surface area contributed by atoms with Gasteiger partial charge in [-0.3, -0.25) is 4.79 Å². The standard InChI is InChI=1S/C14H20ClN3O3/c1-4-16-13-6-9(5-12(15)17-13)14(19)18-7-10(20-2)11(8-18)21-3/h5-6,10-11H,4,7-8H2,1-3H3,(H,16,17). The highest BCUT2D eigenvalue weighted by Crippen LogP contribution is 2.21. The lowest BCUT2D eigenvalue weighted by Crippen LogP contribution is -2.30. The van der Waals surface area contributed by atoms with Gasteiger partial charge in [0.25, 0.3) is 5.91 Å². The van der Waals surface area contributed by atoms with E-state index in [1.165, 1.54) is 0 Å². The van der Waals surface area contributed by atoms with E-state index in [-0.39, 0.29) is 18.1 Å². The van der Waals surface area contributed by atoms with Crippen LogP contribution in [0.25, 0.3) is 0 Å². The quantitative estimate of drug-likeness (QED) is 0.838. The molecule has 0 bridgehead atoms. The van der Waals surface area contributed by atoms with Crippen LogP contribution in [0, 0.1) is 0 Å². The Hall–Kier alpha value is -1.37. The topological polar surface area (TPSA) is 63.7 Å². The number of aromatic nitrogens is 1. The Balaban J connectivity index is 2.17. The van der Waals surface area contributed by atoms with Crippen LogP contribution in [0.1, 0.15) is 17.3 Å². The molecule has 0 aromatic carbocycles. The van der Waals surface area contributed by atoms with Crippen molar-refractivity contribution in [3.63, 3.8) is 0 Å². The van der Waals surface area contributed by atoms with Gasteiger partial charge < -0.3 is 19.7 Å². The molecule has 21 heavy (non-hydrogen) atoms. The van der Waals surface area contributed by atoms with E-state index in [1.807, 2.05) is 6.92 Å². The summed E-state index contributed by atoms with van der Waals surface area (Å²) in [6.07, 6.45) is -0.214. The summed E-state index contributed by atoms with van der Waals surface area (Å²) >= 11 is 5.98. The molecule has 0 radical (unpaired) electrons. The van der Waals surface area contributed by atoms with Crippen LogP contribution in [-0.4, -0.2) is 61.9 Å². The van der Waals surface area contributed by atoms with Crippen molar-refractivity contribution in [3.05, 3.63) is 22.8 Å². The normalized spacial score (nSPS) is 21.6. The van der Waals surface area contributed by atoms with Gasteiger partial charge in [0, 0.05) is 39.4 Å². The van der Waals surface area contributed by atoms with Crippen LogP contribution in [0.2, 0.25) is 5.15 Å². The van der Waals surface area contributed by atoms with E-state index >= 15 is 0 Å². The van der Waals surface area contributed by atoms with Crippen LogP contribution in [0.5, 0.6) is 0 Å². The van der Waals surface area contributed by atoms with E-state index in [4.69, 9.17) is 21.1 Å². The second kappa shape index (κ2) is 7.06. The maximum Gasteiger partial charge on any atom is 0.254 e. The van der Waals surface area contributed by atoms with Crippen molar-refractivity contribution in [1.29, 1.82) is 0 Å². The summed E-state index contributed by atoms with van der Waals surface area (Å²) in [5.74, 6) is 0.499. The van der Waals surface area contributed by atoms with E-state index in [9.17, 15) is 4.79 Å². The van der Waals surface area contributed by atoms with Gasteiger partial charge >= 0.3 is 0 Å². The van der Waals surface area contributed by atoms with Gasteiger partial charge in [-0.05, 0) is 19.1 Å². The second-order valence-electron chi connectivity index (χ2n) is 4.85. The van der Waals surface area contributed by atoms with Gasteiger partial charge in [0.1, 0.15) is 23.2 Å². The van der Waals surface area contributed by atoms with Crippen molar-refractivity contribution in [2.24, 2.45) is 0 Å². The minimum absolute atomic E-state index is 0.0972. The van der Waals surface area contributed by atoms with Gasteiger partial charge in [0.15, 0.2) is 0 Å². The average molecular weight is 314 g/mol. The Morgan fingerprint density at radius 2 is 2.00 bits per heavy atom. The first-order valence-electron chi connectivity index (χ1n) is 6.85. The zero-order valence-corrected chi connectivity index (χ0v) is 13.2. The molecule has 7 heteroatoms. The highest BCUT2D eigenvalue weighted by molar-refractivity contribution is 6.29. The van der Waals surface area contributed by atoms with E-state index in [0.717, 1.165) is 0 Å². The van der Waals surface area contributed by atoms with E-state index < -0.39 is 0 Å². The van der Waals surface area contributed by atoms with E-state index in [2.05, 4.69) is 10.3 Å². The van der Waals surface area contributed by atoms with Gasteiger partial charge in [0.05, 0.1) is 0 Å². The summed E-state index contributed by atoms with van der Waals surface area (Å²) in [5.41, 5.74) is 0.512. The van der Waals surface area contributed by atoms with Crippen molar-refractivity contribution < 1.29 is 14.3 Å². The highest BCUT2D eigenvalue weighted by atomic mass is 35.5. The van der Waals surface area contributed by atoms with Crippen LogP contribution in [0.4, 0.5) is 5.82 Å². The van der Waals surface area contributed by atoms with Crippen LogP contribution in [0.3, 0.4) is 0 Å². The molecular weight excluding hydrogens is 294 g/mol. The lowest BCUT2D eigenvalue weighted by atomic mass is 10.2. The second-order valence-corrected chi connectivity index (χ2v) is 5.24. The number of carbonyl (C=O) groups is 1. The Labute approximate surface area is 129 Å². The van der Waals surface area contributed by atoms with Crippen molar-refractivity contribution in [2.75, 3.05) is 39.2 Å². The molecule has 0 spiro atoms. The molecule has 2 rings (SSSR count). The Morgan fingerprint density at radius 1 is 1.38 bits per heavy atom. The Kier molecular flexibility index (Phi) is 5.39. The zero-order valence-electron chi connectivity index (χ0n) is 12.4. The number of halogens is 1. The molecular formula is C14H20ClN3O3. The number of ether oxygens (including phenoxy) is 2. The molecule has 1 aromatic heterocycles. The minimum Gasteiger partial charge on any atom is -0.377 e. The Morgan fingerprint density at radius 3 is 2.52 bits per heavy atom. The van der Waals surface area contributed by atoms with Crippen molar-refractivity contribution in [1.82, 2.24) is 9.88 Å². The minimum atomic E-state index is -0.107. The smallest absolute Gasteiger partial charge is 0.254 e. The lowest BCUT2D eigenvalue weighted by Gasteiger charge is -2.16. The first-order chi connectivity index (χ1) is 10.1. The first-order valence-corrected chi connectivity index (χ1v) is 7.23. The molecule has 2 heterocycles. The van der Waals surface area contributed by atoms with Gasteiger partial charge in [-0.15, -0.1) is 0 Å². The van der Waals surface area contributed by atoms with E-state index in [0.29, 0.717) is 36.2 Å². The highest BCUT2D eigenvalue weighted by Gasteiger charge is 2.36. The third kappa shape index (κ3) is 3.64. The summed E-state index contributed by atoms with van der Waals surface area (Å²) in [6, 6.07) is 3.28. The van der Waals surface area contributed by atoms with Gasteiger partial charge in [-0.2, -0.15) is 0 Å². The number of rotatable bonds is 5. The number of amides is 1. The van der Waals surface area contributed by atoms with Crippen molar-refractivity contribution >= 4 is 23.3 Å². The number of nitrogens with zero attached hydrogens (tertiary/aromatic N) is 2. The van der Waals surface area contributed by atoms with E-state index in [1.54, 1.807) is 31.3 Å². The average Bonchev–Trinajstić information content (AvgIpc) is 2.89. The lowest BCUT2D eigenvalue weighted by molar-refractivity contribution is -0.00461. The van der Waals surface area contributed by atoms with Crippen LogP contribution < -0.4 is 5.32 Å². The van der Waals surface area contributed by atoms with Crippen molar-refractivity contribution in [2.45, 2.75) is 19.1 Å². The van der Waals surface area contributed by atoms with Gasteiger partial charge in [-0.1, -0.05) is 11.6 Å². The monoisotopic (exact) mass is 313 g/mol. The third-order valence-corrected chi connectivity index (χ3v) is 3.70. The molecule has 2 atom stereocenters. The summed E-state index contributed by atoms with van der Waals surface area (Å²) in [4.78, 5) is 18.4. The number of likely N-dealkylation sites (tertiary alicyclic amines) is 1. The molecule has 0 aliphatic carbocycles. The number of anilines is 1. The number of pyridine rings is 1. The maximum absolute atomic E-state index is 12.6. The molecule has 1 N–H and O–H groups in total. The number of carbonyl (C=O) groups excluding carboxylic acids is 1. The summed E-state index contributed by atoms with van der Waals surface area (Å²) < 4.78 is 10.7. The molecule has 1 saturated heterocycles. The van der Waals surface area contributed by atoms with Crippen LogP contribution >= 0.6 is 11.6 Å². The fraction of sp³-hybridized carbons (Fsp3) is 0.571. The number of methoxy groups -OCH3 is 2. The van der Waals surface area contributed by atoms with Gasteiger partial charge in [0.2, 0.25) is 0 Å². The van der Waals surface area contributed by atoms with Crippen LogP contribution in [0.15, 0.2) is 12.1 Å². The molecule has 1 aliphatic heterocycles.